The summed E-state index contributed by atoms with van der Waals surface area (Å²) >= 11 is 9.52. The first-order valence-electron chi connectivity index (χ1n) is 7.67. The van der Waals surface area contributed by atoms with Crippen LogP contribution in [0.25, 0.3) is 6.08 Å². The van der Waals surface area contributed by atoms with Gasteiger partial charge in [0.25, 0.3) is 5.91 Å². The third kappa shape index (κ3) is 5.01. The van der Waals surface area contributed by atoms with Crippen molar-refractivity contribution in [1.29, 1.82) is 5.26 Å². The molecule has 0 aliphatic rings. The second kappa shape index (κ2) is 9.27. The predicted molar refractivity (Wildman–Crippen MR) is 106 cm³/mol. The topological polar surface area (TPSA) is 71.3 Å². The van der Waals surface area contributed by atoms with Crippen LogP contribution in [0.5, 0.6) is 11.5 Å². The van der Waals surface area contributed by atoms with Gasteiger partial charge in [-0.2, -0.15) is 5.26 Å². The zero-order valence-corrected chi connectivity index (χ0v) is 16.5. The second-order valence-corrected chi connectivity index (χ2v) is 6.42. The van der Waals surface area contributed by atoms with Crippen molar-refractivity contribution in [3.63, 3.8) is 0 Å². The fourth-order valence-corrected chi connectivity index (χ4v) is 2.74. The van der Waals surface area contributed by atoms with Crippen LogP contribution < -0.4 is 14.8 Å². The fourth-order valence-electron chi connectivity index (χ4n) is 2.18. The number of nitriles is 1. The molecule has 0 unspecified atom stereocenters. The van der Waals surface area contributed by atoms with Crippen molar-refractivity contribution >= 4 is 45.2 Å². The van der Waals surface area contributed by atoms with E-state index in [1.807, 2.05) is 13.0 Å². The number of carbonyl (C=O) groups excluding carboxylic acids is 1. The molecule has 0 atom stereocenters. The van der Waals surface area contributed by atoms with Crippen molar-refractivity contribution in [3.05, 3.63) is 57.0 Å². The number of hydrogen-bond acceptors (Lipinski definition) is 4. The molecule has 0 saturated carbocycles. The third-order valence-corrected chi connectivity index (χ3v) is 4.12. The van der Waals surface area contributed by atoms with Crippen molar-refractivity contribution in [2.24, 2.45) is 0 Å². The molecule has 0 aromatic heterocycles. The van der Waals surface area contributed by atoms with Gasteiger partial charge in [0.1, 0.15) is 11.6 Å². The minimum absolute atomic E-state index is 0.0587. The molecule has 2 aromatic carbocycles. The lowest BCUT2D eigenvalue weighted by molar-refractivity contribution is -0.112. The van der Waals surface area contributed by atoms with Gasteiger partial charge >= 0.3 is 0 Å². The van der Waals surface area contributed by atoms with Crippen LogP contribution in [0, 0.1) is 11.3 Å². The van der Waals surface area contributed by atoms with Gasteiger partial charge in [-0.05, 0) is 55.0 Å². The van der Waals surface area contributed by atoms with Crippen molar-refractivity contribution in [2.75, 3.05) is 19.0 Å². The minimum atomic E-state index is -0.514. The van der Waals surface area contributed by atoms with Crippen LogP contribution in [-0.4, -0.2) is 19.6 Å². The number of nitrogens with zero attached hydrogens (tertiary/aromatic N) is 1. The highest BCUT2D eigenvalue weighted by Crippen LogP contribution is 2.36. The molecule has 0 aliphatic heterocycles. The molecular weight excluding hydrogens is 420 g/mol. The van der Waals surface area contributed by atoms with Crippen LogP contribution >= 0.6 is 27.5 Å². The first kappa shape index (κ1) is 19.8. The molecule has 0 aliphatic carbocycles. The molecule has 0 heterocycles. The highest BCUT2D eigenvalue weighted by Gasteiger charge is 2.14. The zero-order chi connectivity index (χ0) is 19.1. The second-order valence-electron chi connectivity index (χ2n) is 5.10. The molecule has 0 fully saturated rings. The summed E-state index contributed by atoms with van der Waals surface area (Å²) in [5, 5.41) is 12.4. The molecule has 0 spiro atoms. The number of ether oxygens (including phenoxy) is 2. The highest BCUT2D eigenvalue weighted by molar-refractivity contribution is 9.10. The number of anilines is 1. The summed E-state index contributed by atoms with van der Waals surface area (Å²) in [6.45, 7) is 2.26. The molecule has 1 N–H and O–H groups in total. The normalized spacial score (nSPS) is 10.8. The van der Waals surface area contributed by atoms with Crippen molar-refractivity contribution in [3.8, 4) is 17.6 Å². The monoisotopic (exact) mass is 434 g/mol. The number of hydrogen-bond donors (Lipinski definition) is 1. The van der Waals surface area contributed by atoms with E-state index in [1.54, 1.807) is 36.4 Å². The van der Waals surface area contributed by atoms with E-state index in [0.717, 1.165) is 4.47 Å². The van der Waals surface area contributed by atoms with E-state index in [1.165, 1.54) is 13.2 Å². The fraction of sp³-hybridized carbons (Fsp3) is 0.158. The Bertz CT molecular complexity index is 874. The van der Waals surface area contributed by atoms with E-state index in [-0.39, 0.29) is 5.57 Å². The van der Waals surface area contributed by atoms with Gasteiger partial charge in [0.05, 0.1) is 18.7 Å². The molecular formula is C19H16BrClN2O3. The standard InChI is InChI=1S/C19H16BrClN2O3/c1-3-26-17-10-12(9-16(21)18(17)25-2)8-13(11-22)19(24)23-15-6-4-14(20)5-7-15/h4-10H,3H2,1-2H3,(H,23,24)/b13-8+. The number of carbonyl (C=O) groups is 1. The first-order valence-corrected chi connectivity index (χ1v) is 8.84. The molecule has 0 radical (unpaired) electrons. The van der Waals surface area contributed by atoms with Crippen LogP contribution in [0.1, 0.15) is 12.5 Å². The Balaban J connectivity index is 2.31. The Morgan fingerprint density at radius 2 is 2.04 bits per heavy atom. The van der Waals surface area contributed by atoms with E-state index in [9.17, 15) is 10.1 Å². The Labute approximate surface area is 165 Å². The minimum Gasteiger partial charge on any atom is -0.491 e. The van der Waals surface area contributed by atoms with Gasteiger partial charge in [-0.25, -0.2) is 0 Å². The quantitative estimate of drug-likeness (QED) is 0.509. The summed E-state index contributed by atoms with van der Waals surface area (Å²) in [6.07, 6.45) is 1.45. The summed E-state index contributed by atoms with van der Waals surface area (Å²) in [4.78, 5) is 12.3. The van der Waals surface area contributed by atoms with Crippen LogP contribution in [0.2, 0.25) is 5.02 Å². The van der Waals surface area contributed by atoms with Crippen LogP contribution in [0.15, 0.2) is 46.4 Å². The first-order chi connectivity index (χ1) is 12.5. The molecule has 134 valence electrons. The van der Waals surface area contributed by atoms with Gasteiger partial charge in [-0.1, -0.05) is 27.5 Å². The van der Waals surface area contributed by atoms with Crippen molar-refractivity contribution in [2.45, 2.75) is 6.92 Å². The van der Waals surface area contributed by atoms with Gasteiger partial charge in [0, 0.05) is 10.2 Å². The number of benzene rings is 2. The predicted octanol–water partition coefficient (Wildman–Crippen LogP) is 5.06. The molecule has 26 heavy (non-hydrogen) atoms. The van der Waals surface area contributed by atoms with E-state index in [2.05, 4.69) is 21.2 Å². The Hall–Kier alpha value is -2.49. The lowest BCUT2D eigenvalue weighted by Crippen LogP contribution is -2.13. The number of amides is 1. The maximum atomic E-state index is 12.3. The maximum Gasteiger partial charge on any atom is 0.266 e. The Morgan fingerprint density at radius 3 is 2.62 bits per heavy atom. The van der Waals surface area contributed by atoms with E-state index >= 15 is 0 Å². The lowest BCUT2D eigenvalue weighted by atomic mass is 10.1. The Morgan fingerprint density at radius 1 is 1.35 bits per heavy atom. The molecule has 0 saturated heterocycles. The molecule has 7 heteroatoms. The van der Waals surface area contributed by atoms with E-state index in [0.29, 0.717) is 34.4 Å². The number of methoxy groups -OCH3 is 1. The zero-order valence-electron chi connectivity index (χ0n) is 14.2. The molecule has 0 bridgehead atoms. The SMILES string of the molecule is CCOc1cc(/C=C(\C#N)C(=O)Nc2ccc(Br)cc2)cc(Cl)c1OC. The molecule has 2 rings (SSSR count). The summed E-state index contributed by atoms with van der Waals surface area (Å²) in [5.41, 5.74) is 1.08. The lowest BCUT2D eigenvalue weighted by Gasteiger charge is -2.12. The van der Waals surface area contributed by atoms with Gasteiger partial charge in [0.2, 0.25) is 0 Å². The van der Waals surface area contributed by atoms with Gasteiger partial charge in [0.15, 0.2) is 11.5 Å². The number of halogens is 2. The summed E-state index contributed by atoms with van der Waals surface area (Å²) in [6, 6.07) is 12.2. The maximum absolute atomic E-state index is 12.3. The van der Waals surface area contributed by atoms with E-state index < -0.39 is 5.91 Å². The summed E-state index contributed by atoms with van der Waals surface area (Å²) in [5.74, 6) is 0.336. The third-order valence-electron chi connectivity index (χ3n) is 3.31. The van der Waals surface area contributed by atoms with Gasteiger partial charge in [-0.15, -0.1) is 0 Å². The summed E-state index contributed by atoms with van der Waals surface area (Å²) < 4.78 is 11.6. The van der Waals surface area contributed by atoms with Crippen molar-refractivity contribution < 1.29 is 14.3 Å². The van der Waals surface area contributed by atoms with Gasteiger partial charge in [-0.3, -0.25) is 4.79 Å². The number of rotatable bonds is 6. The molecule has 2 aromatic rings. The molecule has 1 amide bonds. The number of nitrogens with one attached hydrogen (secondary N) is 1. The average Bonchev–Trinajstić information content (AvgIpc) is 2.61. The highest BCUT2D eigenvalue weighted by atomic mass is 79.9. The van der Waals surface area contributed by atoms with Crippen LogP contribution in [0.4, 0.5) is 5.69 Å². The smallest absolute Gasteiger partial charge is 0.266 e. The average molecular weight is 436 g/mol. The van der Waals surface area contributed by atoms with Gasteiger partial charge < -0.3 is 14.8 Å². The van der Waals surface area contributed by atoms with E-state index in [4.69, 9.17) is 21.1 Å². The molecule has 5 nitrogen and oxygen atoms in total. The summed E-state index contributed by atoms with van der Waals surface area (Å²) in [7, 11) is 1.49. The van der Waals surface area contributed by atoms with Crippen LogP contribution in [-0.2, 0) is 4.79 Å². The Kier molecular flexibility index (Phi) is 7.07. The van der Waals surface area contributed by atoms with Crippen molar-refractivity contribution in [1.82, 2.24) is 0 Å². The van der Waals surface area contributed by atoms with Crippen LogP contribution in [0.3, 0.4) is 0 Å². The largest absolute Gasteiger partial charge is 0.491 e.